The highest BCUT2D eigenvalue weighted by Gasteiger charge is 2.13. The van der Waals surface area contributed by atoms with Gasteiger partial charge in [-0.2, -0.15) is 5.10 Å². The molecule has 0 aliphatic heterocycles. The van der Waals surface area contributed by atoms with Gasteiger partial charge >= 0.3 is 0 Å². The highest BCUT2D eigenvalue weighted by molar-refractivity contribution is 5.79. The third-order valence-corrected chi connectivity index (χ3v) is 4.58. The molecule has 144 valence electrons. The molecule has 3 heterocycles. The maximum Gasteiger partial charge on any atom is 0.165 e. The number of likely N-dealkylation sites (N-methyl/N-ethyl adjacent to an activating group) is 1. The van der Waals surface area contributed by atoms with E-state index in [1.807, 2.05) is 37.8 Å². The fourth-order valence-electron chi connectivity index (χ4n) is 2.76. The molecule has 0 spiro atoms. The molecule has 3 aromatic heterocycles. The lowest BCUT2D eigenvalue weighted by Gasteiger charge is -2.08. The van der Waals surface area contributed by atoms with E-state index in [1.54, 1.807) is 4.52 Å². The van der Waals surface area contributed by atoms with E-state index in [9.17, 15) is 0 Å². The minimum Gasteiger partial charge on any atom is -0.369 e. The lowest BCUT2D eigenvalue weighted by Crippen LogP contribution is -2.18. The molecule has 27 heavy (non-hydrogen) atoms. The minimum atomic E-state index is 0.830. The summed E-state index contributed by atoms with van der Waals surface area (Å²) in [5, 5.41) is 10.8. The van der Waals surface area contributed by atoms with Crippen LogP contribution < -0.4 is 10.6 Å². The van der Waals surface area contributed by atoms with Crippen molar-refractivity contribution < 1.29 is 0 Å². The number of aromatic nitrogens is 4. The largest absolute Gasteiger partial charge is 0.369 e. The van der Waals surface area contributed by atoms with Crippen LogP contribution >= 0.6 is 0 Å². The molecule has 1 saturated carbocycles. The van der Waals surface area contributed by atoms with Crippen LogP contribution in [0, 0.1) is 5.92 Å². The van der Waals surface area contributed by atoms with E-state index in [4.69, 9.17) is 4.98 Å². The lowest BCUT2D eigenvalue weighted by molar-refractivity contribution is 0.820. The van der Waals surface area contributed by atoms with Gasteiger partial charge in [0, 0.05) is 42.3 Å². The highest BCUT2D eigenvalue weighted by Crippen LogP contribution is 2.27. The van der Waals surface area contributed by atoms with Gasteiger partial charge in [0.25, 0.3) is 0 Å². The smallest absolute Gasteiger partial charge is 0.165 e. The quantitative estimate of drug-likeness (QED) is 0.623. The van der Waals surface area contributed by atoms with Crippen molar-refractivity contribution in [3.05, 3.63) is 42.5 Å². The van der Waals surface area contributed by atoms with E-state index in [0.717, 1.165) is 60.1 Å². The van der Waals surface area contributed by atoms with Crippen molar-refractivity contribution in [3.63, 3.8) is 0 Å². The zero-order valence-electron chi connectivity index (χ0n) is 16.6. The van der Waals surface area contributed by atoms with Crippen molar-refractivity contribution in [3.8, 4) is 11.1 Å². The first-order chi connectivity index (χ1) is 13.2. The van der Waals surface area contributed by atoms with Crippen molar-refractivity contribution in [1.29, 1.82) is 0 Å². The van der Waals surface area contributed by atoms with Crippen molar-refractivity contribution in [2.45, 2.75) is 39.5 Å². The van der Waals surface area contributed by atoms with Crippen molar-refractivity contribution >= 4 is 11.5 Å². The molecule has 3 aromatic rings. The van der Waals surface area contributed by atoms with Crippen LogP contribution in [0.25, 0.3) is 16.8 Å². The summed E-state index contributed by atoms with van der Waals surface area (Å²) in [6.45, 7) is 6.16. The Morgan fingerprint density at radius 3 is 2.70 bits per heavy atom. The lowest BCUT2D eigenvalue weighted by atomic mass is 10.0. The maximum absolute atomic E-state index is 4.72. The van der Waals surface area contributed by atoms with Crippen LogP contribution in [0.3, 0.4) is 0 Å². The average Bonchev–Trinajstić information content (AvgIpc) is 3.36. The topological polar surface area (TPSA) is 67.1 Å². The Balaban J connectivity index is 0.000000466. The van der Waals surface area contributed by atoms with Gasteiger partial charge in [-0.15, -0.1) is 0 Å². The number of nitrogens with one attached hydrogen (secondary N) is 2. The molecular formula is C21H30N6. The molecule has 0 radical (unpaired) electrons. The van der Waals surface area contributed by atoms with Crippen LogP contribution in [-0.4, -0.2) is 39.7 Å². The molecular weight excluding hydrogens is 336 g/mol. The first-order valence-corrected chi connectivity index (χ1v) is 9.90. The summed E-state index contributed by atoms with van der Waals surface area (Å²) in [5.41, 5.74) is 4.09. The van der Waals surface area contributed by atoms with Gasteiger partial charge in [-0.3, -0.25) is 4.98 Å². The Bertz CT molecular complexity index is 853. The van der Waals surface area contributed by atoms with E-state index < -0.39 is 0 Å². The van der Waals surface area contributed by atoms with Crippen molar-refractivity contribution in [2.75, 3.05) is 25.5 Å². The van der Waals surface area contributed by atoms with Gasteiger partial charge in [0.15, 0.2) is 5.65 Å². The van der Waals surface area contributed by atoms with Gasteiger partial charge in [0.05, 0.1) is 6.20 Å². The normalized spacial score (nSPS) is 13.3. The predicted octanol–water partition coefficient (Wildman–Crippen LogP) is 3.79. The van der Waals surface area contributed by atoms with Crippen molar-refractivity contribution in [2.24, 2.45) is 5.92 Å². The fraction of sp³-hybridized carbons (Fsp3) is 0.476. The molecule has 0 amide bonds. The molecule has 6 nitrogen and oxygen atoms in total. The number of hydrogen-bond acceptors (Lipinski definition) is 5. The molecule has 0 atom stereocenters. The van der Waals surface area contributed by atoms with Gasteiger partial charge in [0.1, 0.15) is 5.82 Å². The van der Waals surface area contributed by atoms with E-state index in [0.29, 0.717) is 0 Å². The second-order valence-corrected chi connectivity index (χ2v) is 7.10. The summed E-state index contributed by atoms with van der Waals surface area (Å²) in [6.07, 6.45) is 10.6. The molecule has 0 saturated heterocycles. The Morgan fingerprint density at radius 2 is 2.00 bits per heavy atom. The molecule has 0 aromatic carbocycles. The summed E-state index contributed by atoms with van der Waals surface area (Å²) in [6, 6.07) is 6.00. The first kappa shape index (κ1) is 19.3. The monoisotopic (exact) mass is 366 g/mol. The Morgan fingerprint density at radius 1 is 1.19 bits per heavy atom. The van der Waals surface area contributed by atoms with Crippen molar-refractivity contribution in [1.82, 2.24) is 24.9 Å². The third-order valence-electron chi connectivity index (χ3n) is 4.58. The first-order valence-electron chi connectivity index (χ1n) is 9.90. The SMILES string of the molecule is CC1CC1.CCCc1ncccc1-c1cnn2ccc(NCCNC)nc12. The average molecular weight is 367 g/mol. The van der Waals surface area contributed by atoms with Crippen LogP contribution in [0.1, 0.15) is 38.8 Å². The molecule has 2 N–H and O–H groups in total. The minimum absolute atomic E-state index is 0.830. The number of nitrogens with zero attached hydrogens (tertiary/aromatic N) is 4. The number of anilines is 1. The van der Waals surface area contributed by atoms with Crippen LogP contribution in [0.4, 0.5) is 5.82 Å². The standard InChI is InChI=1S/C17H22N6.C4H8/c1-3-5-15-13(6-4-8-19-15)14-12-21-23-11-7-16(22-17(14)23)20-10-9-18-2;1-4-2-3-4/h4,6-8,11-12,18H,3,5,9-10H2,1-2H3,(H,20,22);4H,2-3H2,1H3. The van der Waals surface area contributed by atoms with Crippen LogP contribution in [-0.2, 0) is 6.42 Å². The molecule has 0 bridgehead atoms. The Labute approximate surface area is 161 Å². The van der Waals surface area contributed by atoms with E-state index in [1.165, 1.54) is 12.8 Å². The highest BCUT2D eigenvalue weighted by atomic mass is 15.2. The molecule has 6 heteroatoms. The predicted molar refractivity (Wildman–Crippen MR) is 111 cm³/mol. The number of rotatable bonds is 7. The molecule has 1 aliphatic rings. The van der Waals surface area contributed by atoms with Crippen LogP contribution in [0.15, 0.2) is 36.8 Å². The molecule has 1 aliphatic carbocycles. The van der Waals surface area contributed by atoms with Crippen LogP contribution in [0.5, 0.6) is 0 Å². The maximum atomic E-state index is 4.72. The summed E-state index contributed by atoms with van der Waals surface area (Å²) in [4.78, 5) is 9.24. The Hall–Kier alpha value is -2.47. The van der Waals surface area contributed by atoms with Gasteiger partial charge in [0.2, 0.25) is 0 Å². The van der Waals surface area contributed by atoms with Gasteiger partial charge in [-0.25, -0.2) is 9.50 Å². The van der Waals surface area contributed by atoms with Gasteiger partial charge in [-0.1, -0.05) is 39.2 Å². The number of hydrogen-bond donors (Lipinski definition) is 2. The second-order valence-electron chi connectivity index (χ2n) is 7.10. The summed E-state index contributed by atoms with van der Waals surface area (Å²) in [5.74, 6) is 1.94. The molecule has 4 rings (SSSR count). The second kappa shape index (κ2) is 9.46. The van der Waals surface area contributed by atoms with E-state index >= 15 is 0 Å². The zero-order chi connectivity index (χ0) is 19.1. The number of aryl methyl sites for hydroxylation is 1. The summed E-state index contributed by atoms with van der Waals surface area (Å²) >= 11 is 0. The van der Waals surface area contributed by atoms with Crippen LogP contribution in [0.2, 0.25) is 0 Å². The van der Waals surface area contributed by atoms with E-state index in [-0.39, 0.29) is 0 Å². The Kier molecular flexibility index (Phi) is 6.76. The van der Waals surface area contributed by atoms with E-state index in [2.05, 4.69) is 40.6 Å². The molecule has 1 fully saturated rings. The van der Waals surface area contributed by atoms with Gasteiger partial charge < -0.3 is 10.6 Å². The number of pyridine rings is 1. The number of fused-ring (bicyclic) bond motifs is 1. The third kappa shape index (κ3) is 5.26. The summed E-state index contributed by atoms with van der Waals surface area (Å²) in [7, 11) is 1.94. The van der Waals surface area contributed by atoms with Gasteiger partial charge in [-0.05, 0) is 31.5 Å². The zero-order valence-corrected chi connectivity index (χ0v) is 16.6. The molecule has 0 unspecified atom stereocenters. The fourth-order valence-corrected chi connectivity index (χ4v) is 2.76. The summed E-state index contributed by atoms with van der Waals surface area (Å²) < 4.78 is 1.81.